The van der Waals surface area contributed by atoms with Crippen molar-refractivity contribution in [1.29, 1.82) is 0 Å². The SMILES string of the molecule is COc1ccccc1NC(=O)N1CCc2cc(OC)c(OC)cc2[C@@H]1CNC(=O)c1ccc(Cl)cc1. The molecule has 3 aromatic rings. The maximum atomic E-state index is 13.5. The second-order valence-electron chi connectivity index (χ2n) is 8.21. The number of nitrogens with one attached hydrogen (secondary N) is 2. The quantitative estimate of drug-likeness (QED) is 0.471. The smallest absolute Gasteiger partial charge is 0.322 e. The van der Waals surface area contributed by atoms with E-state index in [0.717, 1.165) is 11.1 Å². The summed E-state index contributed by atoms with van der Waals surface area (Å²) in [4.78, 5) is 28.0. The van der Waals surface area contributed by atoms with Crippen LogP contribution in [0.15, 0.2) is 60.7 Å². The summed E-state index contributed by atoms with van der Waals surface area (Å²) >= 11 is 5.95. The van der Waals surface area contributed by atoms with E-state index in [1.807, 2.05) is 24.3 Å². The fourth-order valence-corrected chi connectivity index (χ4v) is 4.44. The Morgan fingerprint density at radius 2 is 1.61 bits per heavy atom. The van der Waals surface area contributed by atoms with Crippen LogP contribution in [0, 0.1) is 0 Å². The number of methoxy groups -OCH3 is 3. The van der Waals surface area contributed by atoms with E-state index in [1.54, 1.807) is 62.6 Å². The van der Waals surface area contributed by atoms with Gasteiger partial charge in [0.05, 0.1) is 33.1 Å². The van der Waals surface area contributed by atoms with Crippen molar-refractivity contribution in [3.8, 4) is 17.2 Å². The van der Waals surface area contributed by atoms with Crippen LogP contribution in [-0.4, -0.2) is 51.3 Å². The molecule has 1 heterocycles. The predicted molar refractivity (Wildman–Crippen MR) is 138 cm³/mol. The molecule has 188 valence electrons. The van der Waals surface area contributed by atoms with Crippen LogP contribution in [0.1, 0.15) is 27.5 Å². The summed E-state index contributed by atoms with van der Waals surface area (Å²) in [5, 5.41) is 6.46. The molecule has 1 aliphatic rings. The summed E-state index contributed by atoms with van der Waals surface area (Å²) in [5.74, 6) is 1.47. The van der Waals surface area contributed by atoms with Gasteiger partial charge in [0.1, 0.15) is 5.75 Å². The van der Waals surface area contributed by atoms with Gasteiger partial charge in [-0.3, -0.25) is 4.79 Å². The summed E-state index contributed by atoms with van der Waals surface area (Å²) in [5.41, 5.74) is 2.95. The average molecular weight is 510 g/mol. The van der Waals surface area contributed by atoms with E-state index in [4.69, 9.17) is 25.8 Å². The number of amides is 3. The first-order chi connectivity index (χ1) is 17.4. The Kier molecular flexibility index (Phi) is 7.85. The van der Waals surface area contributed by atoms with Gasteiger partial charge < -0.3 is 29.7 Å². The van der Waals surface area contributed by atoms with Crippen LogP contribution < -0.4 is 24.8 Å². The lowest BCUT2D eigenvalue weighted by molar-refractivity contribution is 0.0936. The second-order valence-corrected chi connectivity index (χ2v) is 8.65. The zero-order chi connectivity index (χ0) is 25.7. The molecule has 3 aromatic carbocycles. The third-order valence-electron chi connectivity index (χ3n) is 6.17. The molecule has 0 aromatic heterocycles. The van der Waals surface area contributed by atoms with Crippen molar-refractivity contribution < 1.29 is 23.8 Å². The van der Waals surface area contributed by atoms with E-state index in [-0.39, 0.29) is 18.5 Å². The van der Waals surface area contributed by atoms with E-state index in [9.17, 15) is 9.59 Å². The molecule has 2 N–H and O–H groups in total. The number of nitrogens with zero attached hydrogens (tertiary/aromatic N) is 1. The lowest BCUT2D eigenvalue weighted by atomic mass is 9.91. The minimum absolute atomic E-state index is 0.198. The van der Waals surface area contributed by atoms with Crippen LogP contribution in [0.5, 0.6) is 17.2 Å². The molecule has 0 unspecified atom stereocenters. The number of hydrogen-bond acceptors (Lipinski definition) is 5. The number of benzene rings is 3. The Balaban J connectivity index is 1.64. The Labute approximate surface area is 215 Å². The van der Waals surface area contributed by atoms with Crippen molar-refractivity contribution >= 4 is 29.2 Å². The highest BCUT2D eigenvalue weighted by atomic mass is 35.5. The number of rotatable bonds is 7. The van der Waals surface area contributed by atoms with Crippen molar-refractivity contribution in [2.75, 3.05) is 39.7 Å². The lowest BCUT2D eigenvalue weighted by Crippen LogP contribution is -2.47. The number of urea groups is 1. The minimum atomic E-state index is -0.445. The van der Waals surface area contributed by atoms with Crippen molar-refractivity contribution in [3.05, 3.63) is 82.4 Å². The molecule has 0 saturated heterocycles. The summed E-state index contributed by atoms with van der Waals surface area (Å²) in [7, 11) is 4.71. The molecule has 4 rings (SSSR count). The fraction of sp³-hybridized carbons (Fsp3) is 0.259. The highest BCUT2D eigenvalue weighted by molar-refractivity contribution is 6.30. The van der Waals surface area contributed by atoms with Crippen LogP contribution in [0.25, 0.3) is 0 Å². The Bertz CT molecular complexity index is 1250. The predicted octanol–water partition coefficient (Wildman–Crippen LogP) is 4.93. The monoisotopic (exact) mass is 509 g/mol. The number of carbonyl (C=O) groups excluding carboxylic acids is 2. The molecule has 9 heteroatoms. The van der Waals surface area contributed by atoms with Gasteiger partial charge in [0.15, 0.2) is 11.5 Å². The standard InChI is InChI=1S/C27H28ClN3O5/c1-34-23-7-5-4-6-21(23)30-27(33)31-13-12-18-14-24(35-2)25(36-3)15-20(18)22(31)16-29-26(32)17-8-10-19(28)11-9-17/h4-11,14-15,22H,12-13,16H2,1-3H3,(H,29,32)(H,30,33)/t22-/m0/s1. The minimum Gasteiger partial charge on any atom is -0.495 e. The number of anilines is 1. The van der Waals surface area contributed by atoms with Gasteiger partial charge in [0.2, 0.25) is 0 Å². The van der Waals surface area contributed by atoms with Gasteiger partial charge in [-0.15, -0.1) is 0 Å². The number of hydrogen-bond donors (Lipinski definition) is 2. The third kappa shape index (κ3) is 5.33. The summed E-state index contributed by atoms with van der Waals surface area (Å²) < 4.78 is 16.4. The zero-order valence-electron chi connectivity index (χ0n) is 20.3. The van der Waals surface area contributed by atoms with E-state index in [2.05, 4.69) is 10.6 Å². The molecule has 0 bridgehead atoms. The van der Waals surface area contributed by atoms with Gasteiger partial charge in [-0.25, -0.2) is 4.79 Å². The first-order valence-corrected chi connectivity index (χ1v) is 11.8. The topological polar surface area (TPSA) is 89.1 Å². The van der Waals surface area contributed by atoms with Gasteiger partial charge in [-0.2, -0.15) is 0 Å². The Morgan fingerprint density at radius 3 is 2.31 bits per heavy atom. The number of halogens is 1. The van der Waals surface area contributed by atoms with Gasteiger partial charge in [0.25, 0.3) is 5.91 Å². The van der Waals surface area contributed by atoms with Gasteiger partial charge in [-0.05, 0) is 66.1 Å². The first kappa shape index (κ1) is 25.2. The molecule has 0 spiro atoms. The number of carbonyl (C=O) groups is 2. The van der Waals surface area contributed by atoms with Crippen LogP contribution in [-0.2, 0) is 6.42 Å². The highest BCUT2D eigenvalue weighted by Crippen LogP contribution is 2.38. The molecule has 0 saturated carbocycles. The average Bonchev–Trinajstić information content (AvgIpc) is 2.91. The Morgan fingerprint density at radius 1 is 0.944 bits per heavy atom. The van der Waals surface area contributed by atoms with Gasteiger partial charge in [-0.1, -0.05) is 23.7 Å². The van der Waals surface area contributed by atoms with E-state index in [1.165, 1.54) is 0 Å². The molecule has 0 radical (unpaired) electrons. The summed E-state index contributed by atoms with van der Waals surface area (Å²) in [6.07, 6.45) is 0.622. The summed E-state index contributed by atoms with van der Waals surface area (Å²) in [6, 6.07) is 16.9. The first-order valence-electron chi connectivity index (χ1n) is 11.4. The van der Waals surface area contributed by atoms with Crippen LogP contribution >= 0.6 is 11.6 Å². The maximum absolute atomic E-state index is 13.5. The Hall–Kier alpha value is -3.91. The van der Waals surface area contributed by atoms with E-state index in [0.29, 0.717) is 46.5 Å². The second kappa shape index (κ2) is 11.2. The zero-order valence-corrected chi connectivity index (χ0v) is 21.1. The molecule has 8 nitrogen and oxygen atoms in total. The molecule has 3 amide bonds. The largest absolute Gasteiger partial charge is 0.495 e. The molecule has 1 aliphatic heterocycles. The lowest BCUT2D eigenvalue weighted by Gasteiger charge is -2.38. The molecule has 0 fully saturated rings. The van der Waals surface area contributed by atoms with Crippen LogP contribution in [0.2, 0.25) is 5.02 Å². The van der Waals surface area contributed by atoms with Crippen molar-refractivity contribution in [2.24, 2.45) is 0 Å². The van der Waals surface area contributed by atoms with Crippen LogP contribution in [0.3, 0.4) is 0 Å². The van der Waals surface area contributed by atoms with Gasteiger partial charge in [0, 0.05) is 23.7 Å². The molecule has 1 atom stereocenters. The highest BCUT2D eigenvalue weighted by Gasteiger charge is 2.33. The third-order valence-corrected chi connectivity index (χ3v) is 6.43. The molecule has 36 heavy (non-hydrogen) atoms. The number of ether oxygens (including phenoxy) is 3. The van der Waals surface area contributed by atoms with Crippen molar-refractivity contribution in [2.45, 2.75) is 12.5 Å². The number of para-hydroxylation sites is 2. The van der Waals surface area contributed by atoms with Crippen molar-refractivity contribution in [1.82, 2.24) is 10.2 Å². The maximum Gasteiger partial charge on any atom is 0.322 e. The summed E-state index contributed by atoms with van der Waals surface area (Å²) in [6.45, 7) is 0.647. The van der Waals surface area contributed by atoms with E-state index >= 15 is 0 Å². The number of fused-ring (bicyclic) bond motifs is 1. The molecular formula is C27H28ClN3O5. The van der Waals surface area contributed by atoms with Crippen LogP contribution in [0.4, 0.5) is 10.5 Å². The molecular weight excluding hydrogens is 482 g/mol. The van der Waals surface area contributed by atoms with E-state index < -0.39 is 6.04 Å². The van der Waals surface area contributed by atoms with Gasteiger partial charge >= 0.3 is 6.03 Å². The van der Waals surface area contributed by atoms with Crippen molar-refractivity contribution in [3.63, 3.8) is 0 Å². The normalized spacial score (nSPS) is 14.4. The molecule has 0 aliphatic carbocycles. The fourth-order valence-electron chi connectivity index (χ4n) is 4.32.